The number of hydrogen-bond acceptors (Lipinski definition) is 5. The summed E-state index contributed by atoms with van der Waals surface area (Å²) in [6, 6.07) is 6.01. The van der Waals surface area contributed by atoms with Crippen LogP contribution in [-0.2, 0) is 14.4 Å². The number of aliphatic carboxylic acids is 1. The quantitative estimate of drug-likeness (QED) is 0.461. The van der Waals surface area contributed by atoms with Gasteiger partial charge in [-0.1, -0.05) is 12.1 Å². The molecule has 0 aromatic heterocycles. The summed E-state index contributed by atoms with van der Waals surface area (Å²) >= 11 is 0. The first-order chi connectivity index (χ1) is 7.69. The van der Waals surface area contributed by atoms with Crippen LogP contribution in [0.25, 0.3) is 0 Å². The Morgan fingerprint density at radius 2 is 2.31 bits per heavy atom. The summed E-state index contributed by atoms with van der Waals surface area (Å²) in [7, 11) is 0. The van der Waals surface area contributed by atoms with Gasteiger partial charge in [0.15, 0.2) is 0 Å². The molecular formula is C10H8N2O4. The molecule has 0 heterocycles. The van der Waals surface area contributed by atoms with Crippen molar-refractivity contribution < 1.29 is 19.5 Å². The van der Waals surface area contributed by atoms with Crippen LogP contribution in [0.1, 0.15) is 11.7 Å². The molecule has 6 nitrogen and oxygen atoms in total. The lowest BCUT2D eigenvalue weighted by Gasteiger charge is -2.10. The molecule has 16 heavy (non-hydrogen) atoms. The zero-order valence-corrected chi connectivity index (χ0v) is 8.16. The van der Waals surface area contributed by atoms with E-state index in [9.17, 15) is 9.59 Å². The lowest BCUT2D eigenvalue weighted by molar-refractivity contribution is -0.150. The van der Waals surface area contributed by atoms with E-state index in [1.807, 2.05) is 0 Å². The highest BCUT2D eigenvalue weighted by molar-refractivity contribution is 5.75. The van der Waals surface area contributed by atoms with Crippen LogP contribution in [0.2, 0.25) is 0 Å². The number of carboxylic acid groups (broad SMARTS) is 1. The van der Waals surface area contributed by atoms with E-state index in [1.54, 1.807) is 6.07 Å². The molecule has 82 valence electrons. The minimum absolute atomic E-state index is 0.298. The standard InChI is InChI=1S/C10H8N2O4/c1-11-16-9(10(14)15)7-3-2-4-8(5-7)12-6-13/h2-5,9H,1H2,(H,14,15). The summed E-state index contributed by atoms with van der Waals surface area (Å²) in [5.74, 6) is -1.21. The maximum absolute atomic E-state index is 10.8. The third-order valence-electron chi connectivity index (χ3n) is 1.75. The van der Waals surface area contributed by atoms with E-state index in [1.165, 1.54) is 24.3 Å². The van der Waals surface area contributed by atoms with Crippen molar-refractivity contribution in [2.75, 3.05) is 0 Å². The summed E-state index contributed by atoms with van der Waals surface area (Å²) < 4.78 is 0. The fourth-order valence-electron chi connectivity index (χ4n) is 1.13. The fraction of sp³-hybridized carbons (Fsp3) is 0.100. The average Bonchev–Trinajstić information content (AvgIpc) is 2.26. The van der Waals surface area contributed by atoms with Crippen LogP contribution in [0.5, 0.6) is 0 Å². The molecule has 1 aromatic rings. The number of isocyanates is 1. The predicted molar refractivity (Wildman–Crippen MR) is 55.2 cm³/mol. The number of carbonyl (C=O) groups excluding carboxylic acids is 1. The Balaban J connectivity index is 3.08. The van der Waals surface area contributed by atoms with Gasteiger partial charge in [0.2, 0.25) is 12.2 Å². The topological polar surface area (TPSA) is 88.3 Å². The molecule has 0 amide bonds. The summed E-state index contributed by atoms with van der Waals surface area (Å²) in [6.45, 7) is 3.05. The molecular weight excluding hydrogens is 212 g/mol. The first kappa shape index (κ1) is 11.6. The lowest BCUT2D eigenvalue weighted by atomic mass is 10.1. The van der Waals surface area contributed by atoms with Gasteiger partial charge < -0.3 is 9.94 Å². The van der Waals surface area contributed by atoms with Gasteiger partial charge in [0.25, 0.3) is 0 Å². The van der Waals surface area contributed by atoms with Crippen molar-refractivity contribution in [1.29, 1.82) is 0 Å². The average molecular weight is 220 g/mol. The molecule has 1 aromatic carbocycles. The molecule has 0 radical (unpaired) electrons. The van der Waals surface area contributed by atoms with Gasteiger partial charge >= 0.3 is 5.97 Å². The van der Waals surface area contributed by atoms with E-state index >= 15 is 0 Å². The predicted octanol–water partition coefficient (Wildman–Crippen LogP) is 1.41. The zero-order chi connectivity index (χ0) is 12.0. The second kappa shape index (κ2) is 5.43. The fourth-order valence-corrected chi connectivity index (χ4v) is 1.13. The van der Waals surface area contributed by atoms with Crippen molar-refractivity contribution in [3.05, 3.63) is 29.8 Å². The highest BCUT2D eigenvalue weighted by Gasteiger charge is 2.21. The molecule has 1 atom stereocenters. The summed E-state index contributed by atoms with van der Waals surface area (Å²) in [5, 5.41) is 11.9. The van der Waals surface area contributed by atoms with E-state index in [2.05, 4.69) is 21.7 Å². The molecule has 0 fully saturated rings. The van der Waals surface area contributed by atoms with Crippen LogP contribution in [-0.4, -0.2) is 23.9 Å². The summed E-state index contributed by atoms with van der Waals surface area (Å²) in [5.41, 5.74) is 0.614. The minimum Gasteiger partial charge on any atom is -0.478 e. The van der Waals surface area contributed by atoms with Crippen LogP contribution in [0.4, 0.5) is 5.69 Å². The molecule has 0 spiro atoms. The van der Waals surface area contributed by atoms with Crippen molar-refractivity contribution in [1.82, 2.24) is 0 Å². The van der Waals surface area contributed by atoms with Gasteiger partial charge in [-0.3, -0.25) is 0 Å². The lowest BCUT2D eigenvalue weighted by Crippen LogP contribution is -2.12. The molecule has 0 saturated carbocycles. The van der Waals surface area contributed by atoms with E-state index in [0.29, 0.717) is 11.3 Å². The highest BCUT2D eigenvalue weighted by atomic mass is 16.6. The van der Waals surface area contributed by atoms with Gasteiger partial charge in [0.05, 0.1) is 5.69 Å². The number of carbonyl (C=O) groups is 1. The number of carboxylic acids is 1. The van der Waals surface area contributed by atoms with Gasteiger partial charge in [-0.2, -0.15) is 4.99 Å². The van der Waals surface area contributed by atoms with Gasteiger partial charge in [-0.15, -0.1) is 5.16 Å². The van der Waals surface area contributed by atoms with Crippen molar-refractivity contribution in [3.63, 3.8) is 0 Å². The summed E-state index contributed by atoms with van der Waals surface area (Å²) in [4.78, 5) is 28.9. The maximum Gasteiger partial charge on any atom is 0.352 e. The smallest absolute Gasteiger partial charge is 0.352 e. The summed E-state index contributed by atoms with van der Waals surface area (Å²) in [6.07, 6.45) is 0.0978. The van der Waals surface area contributed by atoms with Gasteiger partial charge in [-0.05, 0) is 12.1 Å². The van der Waals surface area contributed by atoms with Crippen molar-refractivity contribution in [2.45, 2.75) is 6.10 Å². The van der Waals surface area contributed by atoms with E-state index < -0.39 is 12.1 Å². The van der Waals surface area contributed by atoms with Crippen molar-refractivity contribution in [3.8, 4) is 0 Å². The SMILES string of the molecule is C=NOC(C(=O)O)c1cccc(N=C=O)c1. The Labute approximate surface area is 90.9 Å². The molecule has 0 aliphatic carbocycles. The first-order valence-electron chi connectivity index (χ1n) is 4.21. The zero-order valence-electron chi connectivity index (χ0n) is 8.16. The van der Waals surface area contributed by atoms with Crippen LogP contribution < -0.4 is 0 Å². The highest BCUT2D eigenvalue weighted by Crippen LogP contribution is 2.22. The largest absolute Gasteiger partial charge is 0.478 e. The van der Waals surface area contributed by atoms with Crippen LogP contribution >= 0.6 is 0 Å². The third kappa shape index (κ3) is 2.76. The maximum atomic E-state index is 10.8. The number of benzene rings is 1. The molecule has 0 saturated heterocycles. The van der Waals surface area contributed by atoms with Crippen LogP contribution in [0.3, 0.4) is 0 Å². The normalized spacial score (nSPS) is 11.0. The number of aliphatic imine (C=N–C) groups is 1. The molecule has 0 bridgehead atoms. The Morgan fingerprint density at radius 1 is 1.56 bits per heavy atom. The molecule has 1 unspecified atom stereocenters. The van der Waals surface area contributed by atoms with Gasteiger partial charge in [-0.25, -0.2) is 9.59 Å². The van der Waals surface area contributed by atoms with E-state index in [4.69, 9.17) is 5.11 Å². The van der Waals surface area contributed by atoms with Crippen molar-refractivity contribution >= 4 is 24.5 Å². The molecule has 6 heteroatoms. The molecule has 1 rings (SSSR count). The Hall–Kier alpha value is -2.46. The minimum atomic E-state index is -1.26. The number of nitrogens with zero attached hydrogens (tertiary/aromatic N) is 2. The molecule has 1 N–H and O–H groups in total. The van der Waals surface area contributed by atoms with E-state index in [-0.39, 0.29) is 0 Å². The Bertz CT molecular complexity index is 452. The monoisotopic (exact) mass is 220 g/mol. The first-order valence-corrected chi connectivity index (χ1v) is 4.21. The van der Waals surface area contributed by atoms with Gasteiger partial charge in [0, 0.05) is 12.3 Å². The second-order valence-electron chi connectivity index (χ2n) is 2.75. The molecule has 0 aliphatic rings. The van der Waals surface area contributed by atoms with Gasteiger partial charge in [0.1, 0.15) is 0 Å². The van der Waals surface area contributed by atoms with Crippen LogP contribution in [0, 0.1) is 0 Å². The Morgan fingerprint density at radius 3 is 2.88 bits per heavy atom. The van der Waals surface area contributed by atoms with Crippen molar-refractivity contribution in [2.24, 2.45) is 10.1 Å². The van der Waals surface area contributed by atoms with Crippen LogP contribution in [0.15, 0.2) is 34.4 Å². The number of hydrogen-bond donors (Lipinski definition) is 1. The number of oxime groups is 1. The van der Waals surface area contributed by atoms with E-state index in [0.717, 1.165) is 0 Å². The second-order valence-corrected chi connectivity index (χ2v) is 2.75. The number of rotatable bonds is 5. The molecule has 0 aliphatic heterocycles. The Kier molecular flexibility index (Phi) is 3.94. The third-order valence-corrected chi connectivity index (χ3v) is 1.75.